The van der Waals surface area contributed by atoms with E-state index in [0.717, 1.165) is 0 Å². The van der Waals surface area contributed by atoms with Gasteiger partial charge in [-0.25, -0.2) is 0 Å². The third-order valence-electron chi connectivity index (χ3n) is 1.12. The summed E-state index contributed by atoms with van der Waals surface area (Å²) in [5, 5.41) is 0. The molecule has 1 unspecified atom stereocenters. The van der Waals surface area contributed by atoms with E-state index in [1.807, 2.05) is 0 Å². The molecule has 0 spiro atoms. The molecular formula is C6H12ClNO4. The predicted octanol–water partition coefficient (Wildman–Crippen LogP) is -0.528. The zero-order valence-electron chi connectivity index (χ0n) is 6.90. The molecule has 0 aliphatic heterocycles. The normalized spacial score (nSPS) is 10.9. The quantitative estimate of drug-likeness (QED) is 0.616. The Bertz CT molecular complexity index is 162. The first-order valence-electron chi connectivity index (χ1n) is 3.02. The highest BCUT2D eigenvalue weighted by atomic mass is 35.5. The summed E-state index contributed by atoms with van der Waals surface area (Å²) in [4.78, 5) is 21.1. The summed E-state index contributed by atoms with van der Waals surface area (Å²) in [5.74, 6) is -1.14. The van der Waals surface area contributed by atoms with Crippen LogP contribution < -0.4 is 5.73 Å². The number of carbonyl (C=O) groups excluding carboxylic acids is 2. The second-order valence-corrected chi connectivity index (χ2v) is 1.91. The molecule has 6 heteroatoms. The molecule has 12 heavy (non-hydrogen) atoms. The summed E-state index contributed by atoms with van der Waals surface area (Å²) in [6.45, 7) is 0. The second-order valence-electron chi connectivity index (χ2n) is 1.91. The van der Waals surface area contributed by atoms with Gasteiger partial charge in [0.15, 0.2) is 0 Å². The fourth-order valence-electron chi connectivity index (χ4n) is 0.498. The first kappa shape index (κ1) is 13.8. The van der Waals surface area contributed by atoms with E-state index in [2.05, 4.69) is 9.47 Å². The molecule has 72 valence electrons. The van der Waals surface area contributed by atoms with Crippen molar-refractivity contribution in [2.24, 2.45) is 5.73 Å². The first-order valence-corrected chi connectivity index (χ1v) is 3.02. The monoisotopic (exact) mass is 197 g/mol. The van der Waals surface area contributed by atoms with Crippen LogP contribution in [-0.4, -0.2) is 32.2 Å². The van der Waals surface area contributed by atoms with Crippen molar-refractivity contribution in [1.82, 2.24) is 0 Å². The van der Waals surface area contributed by atoms with Crippen molar-refractivity contribution in [3.05, 3.63) is 0 Å². The Kier molecular flexibility index (Phi) is 7.88. The minimum Gasteiger partial charge on any atom is -0.469 e. The lowest BCUT2D eigenvalue weighted by Crippen LogP contribution is -2.34. The van der Waals surface area contributed by atoms with Crippen LogP contribution in [0.3, 0.4) is 0 Å². The van der Waals surface area contributed by atoms with Gasteiger partial charge in [0.2, 0.25) is 0 Å². The van der Waals surface area contributed by atoms with Gasteiger partial charge in [-0.15, -0.1) is 12.4 Å². The molecule has 0 rings (SSSR count). The molecule has 0 heterocycles. The zero-order chi connectivity index (χ0) is 8.85. The van der Waals surface area contributed by atoms with Crippen molar-refractivity contribution in [3.8, 4) is 0 Å². The highest BCUT2D eigenvalue weighted by molar-refractivity contribution is 5.85. The molecule has 5 nitrogen and oxygen atoms in total. The van der Waals surface area contributed by atoms with Gasteiger partial charge >= 0.3 is 11.9 Å². The van der Waals surface area contributed by atoms with Crippen molar-refractivity contribution in [2.75, 3.05) is 14.2 Å². The number of nitrogens with two attached hydrogens (primary N) is 1. The van der Waals surface area contributed by atoms with Gasteiger partial charge in [0.25, 0.3) is 0 Å². The SMILES string of the molecule is COC(=O)CC(N)C(=O)OC.Cl. The molecule has 0 aromatic heterocycles. The Balaban J connectivity index is 0. The van der Waals surface area contributed by atoms with E-state index < -0.39 is 18.0 Å². The summed E-state index contributed by atoms with van der Waals surface area (Å²) < 4.78 is 8.57. The van der Waals surface area contributed by atoms with Crippen molar-refractivity contribution < 1.29 is 19.1 Å². The Hall–Kier alpha value is -0.810. The van der Waals surface area contributed by atoms with Crippen LogP contribution in [0.4, 0.5) is 0 Å². The molecule has 0 amide bonds. The van der Waals surface area contributed by atoms with Crippen molar-refractivity contribution >= 4 is 24.3 Å². The number of hydrogen-bond donors (Lipinski definition) is 1. The fraction of sp³-hybridized carbons (Fsp3) is 0.667. The van der Waals surface area contributed by atoms with Crippen LogP contribution in [0.2, 0.25) is 0 Å². The number of hydrogen-bond acceptors (Lipinski definition) is 5. The van der Waals surface area contributed by atoms with E-state index >= 15 is 0 Å². The molecule has 0 aliphatic rings. The smallest absolute Gasteiger partial charge is 0.323 e. The molecule has 0 aliphatic carbocycles. The summed E-state index contributed by atoms with van der Waals surface area (Å²) in [5.41, 5.74) is 5.23. The molecule has 1 atom stereocenters. The molecule has 0 aromatic carbocycles. The van der Waals surface area contributed by atoms with Crippen LogP contribution in [0.15, 0.2) is 0 Å². The highest BCUT2D eigenvalue weighted by Gasteiger charge is 2.17. The van der Waals surface area contributed by atoms with E-state index in [-0.39, 0.29) is 18.8 Å². The van der Waals surface area contributed by atoms with Crippen molar-refractivity contribution in [2.45, 2.75) is 12.5 Å². The van der Waals surface area contributed by atoms with Gasteiger partial charge in [-0.3, -0.25) is 9.59 Å². The Labute approximate surface area is 76.6 Å². The molecule has 0 aromatic rings. The van der Waals surface area contributed by atoms with Gasteiger partial charge < -0.3 is 15.2 Å². The van der Waals surface area contributed by atoms with Crippen LogP contribution >= 0.6 is 12.4 Å². The zero-order valence-corrected chi connectivity index (χ0v) is 7.72. The number of halogens is 1. The fourth-order valence-corrected chi connectivity index (χ4v) is 0.498. The van der Waals surface area contributed by atoms with E-state index in [4.69, 9.17) is 5.73 Å². The van der Waals surface area contributed by atoms with Crippen LogP contribution in [0.5, 0.6) is 0 Å². The third-order valence-corrected chi connectivity index (χ3v) is 1.12. The van der Waals surface area contributed by atoms with Gasteiger partial charge in [0.1, 0.15) is 6.04 Å². The molecule has 0 fully saturated rings. The lowest BCUT2D eigenvalue weighted by molar-refractivity contribution is -0.148. The van der Waals surface area contributed by atoms with E-state index in [1.54, 1.807) is 0 Å². The summed E-state index contributed by atoms with van der Waals surface area (Å²) >= 11 is 0. The molecule has 0 bridgehead atoms. The molecule has 0 saturated heterocycles. The number of ether oxygens (including phenoxy) is 2. The second kappa shape index (κ2) is 6.87. The standard InChI is InChI=1S/C6H11NO4.ClH/c1-10-5(8)3-4(7)6(9)11-2;/h4H,3,7H2,1-2H3;1H. The van der Waals surface area contributed by atoms with Gasteiger partial charge in [-0.05, 0) is 0 Å². The van der Waals surface area contributed by atoms with Gasteiger partial charge in [-0.1, -0.05) is 0 Å². The highest BCUT2D eigenvalue weighted by Crippen LogP contribution is 1.92. The number of methoxy groups -OCH3 is 2. The lowest BCUT2D eigenvalue weighted by atomic mass is 10.2. The summed E-state index contributed by atoms with van der Waals surface area (Å²) in [7, 11) is 2.44. The maximum Gasteiger partial charge on any atom is 0.323 e. The molecular weight excluding hydrogens is 186 g/mol. The van der Waals surface area contributed by atoms with E-state index in [0.29, 0.717) is 0 Å². The summed E-state index contributed by atoms with van der Waals surface area (Å²) in [6.07, 6.45) is -0.150. The van der Waals surface area contributed by atoms with Gasteiger partial charge in [0, 0.05) is 0 Å². The topological polar surface area (TPSA) is 78.6 Å². The average molecular weight is 198 g/mol. The average Bonchev–Trinajstić information content (AvgIpc) is 2.02. The minimum atomic E-state index is -0.924. The van der Waals surface area contributed by atoms with Crippen molar-refractivity contribution in [3.63, 3.8) is 0 Å². The Morgan fingerprint density at radius 3 is 2.17 bits per heavy atom. The molecule has 0 radical (unpaired) electrons. The molecule has 2 N–H and O–H groups in total. The third kappa shape index (κ3) is 4.92. The predicted molar refractivity (Wildman–Crippen MR) is 43.9 cm³/mol. The van der Waals surface area contributed by atoms with Crippen molar-refractivity contribution in [1.29, 1.82) is 0 Å². The van der Waals surface area contributed by atoms with Crippen LogP contribution in [0, 0.1) is 0 Å². The largest absolute Gasteiger partial charge is 0.469 e. The summed E-state index contributed by atoms with van der Waals surface area (Å²) in [6, 6.07) is -0.924. The van der Waals surface area contributed by atoms with Crippen LogP contribution in [0.1, 0.15) is 6.42 Å². The first-order chi connectivity index (χ1) is 5.11. The van der Waals surface area contributed by atoms with Gasteiger partial charge in [0.05, 0.1) is 20.6 Å². The van der Waals surface area contributed by atoms with Gasteiger partial charge in [-0.2, -0.15) is 0 Å². The van der Waals surface area contributed by atoms with E-state index in [9.17, 15) is 9.59 Å². The van der Waals surface area contributed by atoms with Crippen LogP contribution in [-0.2, 0) is 19.1 Å². The number of esters is 2. The molecule has 0 saturated carbocycles. The Morgan fingerprint density at radius 1 is 1.33 bits per heavy atom. The maximum absolute atomic E-state index is 10.6. The lowest BCUT2D eigenvalue weighted by Gasteiger charge is -2.06. The Morgan fingerprint density at radius 2 is 1.83 bits per heavy atom. The minimum absolute atomic E-state index is 0. The van der Waals surface area contributed by atoms with E-state index in [1.165, 1.54) is 14.2 Å². The van der Waals surface area contributed by atoms with Crippen LogP contribution in [0.25, 0.3) is 0 Å². The number of carbonyl (C=O) groups is 2. The number of rotatable bonds is 3. The maximum atomic E-state index is 10.6.